The van der Waals surface area contributed by atoms with Gasteiger partial charge in [-0.25, -0.2) is 0 Å². The monoisotopic (exact) mass is 320 g/mol. The SMILES string of the molecule is C=C(CO)C1CCC2C(C1)C(O)CC1C(C)(C=O)CCCC21C. The van der Waals surface area contributed by atoms with E-state index in [-0.39, 0.29) is 23.5 Å². The first-order chi connectivity index (χ1) is 10.9. The van der Waals surface area contributed by atoms with Crippen molar-refractivity contribution in [2.24, 2.45) is 34.5 Å². The molecule has 0 spiro atoms. The summed E-state index contributed by atoms with van der Waals surface area (Å²) < 4.78 is 0. The van der Waals surface area contributed by atoms with Gasteiger partial charge in [-0.1, -0.05) is 26.8 Å². The Labute approximate surface area is 140 Å². The lowest BCUT2D eigenvalue weighted by atomic mass is 9.43. The molecule has 3 heteroatoms. The molecule has 7 unspecified atom stereocenters. The summed E-state index contributed by atoms with van der Waals surface area (Å²) in [7, 11) is 0. The van der Waals surface area contributed by atoms with Crippen LogP contribution in [-0.2, 0) is 4.79 Å². The molecule has 0 radical (unpaired) electrons. The normalized spacial score (nSPS) is 49.8. The van der Waals surface area contributed by atoms with Gasteiger partial charge in [0.2, 0.25) is 0 Å². The zero-order valence-corrected chi connectivity index (χ0v) is 14.6. The van der Waals surface area contributed by atoms with Gasteiger partial charge in [0.25, 0.3) is 0 Å². The first-order valence-corrected chi connectivity index (χ1v) is 9.28. The maximum atomic E-state index is 11.8. The Morgan fingerprint density at radius 3 is 2.65 bits per heavy atom. The zero-order chi connectivity index (χ0) is 16.8. The highest BCUT2D eigenvalue weighted by Gasteiger charge is 2.59. The van der Waals surface area contributed by atoms with E-state index in [0.717, 1.165) is 44.1 Å². The number of carbonyl (C=O) groups excluding carboxylic acids is 1. The van der Waals surface area contributed by atoms with Crippen molar-refractivity contribution in [1.82, 2.24) is 0 Å². The molecule has 3 nitrogen and oxygen atoms in total. The average Bonchev–Trinajstić information content (AvgIpc) is 2.56. The highest BCUT2D eigenvalue weighted by atomic mass is 16.3. The number of aldehydes is 1. The highest BCUT2D eigenvalue weighted by Crippen LogP contribution is 2.63. The Kier molecular flexibility index (Phi) is 4.48. The summed E-state index contributed by atoms with van der Waals surface area (Å²) in [6.45, 7) is 8.56. The molecule has 3 aliphatic rings. The van der Waals surface area contributed by atoms with E-state index in [2.05, 4.69) is 20.4 Å². The van der Waals surface area contributed by atoms with Gasteiger partial charge in [0, 0.05) is 5.41 Å². The lowest BCUT2D eigenvalue weighted by Gasteiger charge is -2.61. The summed E-state index contributed by atoms with van der Waals surface area (Å²) in [5, 5.41) is 20.2. The van der Waals surface area contributed by atoms with E-state index in [9.17, 15) is 15.0 Å². The van der Waals surface area contributed by atoms with E-state index < -0.39 is 0 Å². The minimum Gasteiger partial charge on any atom is -0.393 e. The van der Waals surface area contributed by atoms with Gasteiger partial charge in [0.15, 0.2) is 0 Å². The topological polar surface area (TPSA) is 57.5 Å². The van der Waals surface area contributed by atoms with Crippen LogP contribution in [-0.4, -0.2) is 29.2 Å². The summed E-state index contributed by atoms with van der Waals surface area (Å²) >= 11 is 0. The first kappa shape index (κ1) is 17.2. The van der Waals surface area contributed by atoms with Crippen molar-refractivity contribution in [2.45, 2.75) is 64.9 Å². The third kappa shape index (κ3) is 2.60. The lowest BCUT2D eigenvalue weighted by Crippen LogP contribution is -2.58. The molecule has 0 amide bonds. The van der Waals surface area contributed by atoms with Crippen LogP contribution in [0.4, 0.5) is 0 Å². The lowest BCUT2D eigenvalue weighted by molar-refractivity contribution is -0.166. The zero-order valence-electron chi connectivity index (χ0n) is 14.6. The first-order valence-electron chi connectivity index (χ1n) is 9.28. The maximum absolute atomic E-state index is 11.8. The molecule has 0 aromatic rings. The molecule has 0 bridgehead atoms. The standard InChI is InChI=1S/C20H32O3/c1-13(11-21)14-5-6-16-15(9-14)17(23)10-18-19(2,12-22)7-4-8-20(16,18)3/h12,14-18,21,23H,1,4-11H2,2-3H3. The van der Waals surface area contributed by atoms with Crippen LogP contribution >= 0.6 is 0 Å². The number of aliphatic hydroxyl groups excluding tert-OH is 2. The third-order valence-corrected chi connectivity index (χ3v) is 7.79. The van der Waals surface area contributed by atoms with Gasteiger partial charge in [-0.15, -0.1) is 0 Å². The molecule has 3 aliphatic carbocycles. The maximum Gasteiger partial charge on any atom is 0.126 e. The van der Waals surface area contributed by atoms with Crippen molar-refractivity contribution in [3.63, 3.8) is 0 Å². The molecule has 3 rings (SSSR count). The number of rotatable bonds is 3. The van der Waals surface area contributed by atoms with E-state index in [0.29, 0.717) is 23.7 Å². The highest BCUT2D eigenvalue weighted by molar-refractivity contribution is 5.60. The van der Waals surface area contributed by atoms with Crippen molar-refractivity contribution in [1.29, 1.82) is 0 Å². The van der Waals surface area contributed by atoms with E-state index in [1.165, 1.54) is 12.7 Å². The quantitative estimate of drug-likeness (QED) is 0.619. The van der Waals surface area contributed by atoms with Crippen molar-refractivity contribution in [2.75, 3.05) is 6.61 Å². The van der Waals surface area contributed by atoms with Crippen molar-refractivity contribution < 1.29 is 15.0 Å². The van der Waals surface area contributed by atoms with Gasteiger partial charge >= 0.3 is 0 Å². The average molecular weight is 320 g/mol. The van der Waals surface area contributed by atoms with Crippen LogP contribution in [0.15, 0.2) is 12.2 Å². The summed E-state index contributed by atoms with van der Waals surface area (Å²) in [6, 6.07) is 0. The molecule has 0 aromatic carbocycles. The van der Waals surface area contributed by atoms with Gasteiger partial charge in [-0.2, -0.15) is 0 Å². The molecular formula is C20H32O3. The Morgan fingerprint density at radius 2 is 2.00 bits per heavy atom. The molecular weight excluding hydrogens is 288 g/mol. The summed E-state index contributed by atoms with van der Waals surface area (Å²) in [4.78, 5) is 11.8. The smallest absolute Gasteiger partial charge is 0.126 e. The van der Waals surface area contributed by atoms with Crippen LogP contribution in [0.3, 0.4) is 0 Å². The minimum absolute atomic E-state index is 0.0568. The number of fused-ring (bicyclic) bond motifs is 3. The molecule has 130 valence electrons. The van der Waals surface area contributed by atoms with Gasteiger partial charge in [-0.05, 0) is 73.2 Å². The Morgan fingerprint density at radius 1 is 1.26 bits per heavy atom. The molecule has 2 N–H and O–H groups in total. The number of hydrogen-bond acceptors (Lipinski definition) is 3. The summed E-state index contributed by atoms with van der Waals surface area (Å²) in [6.07, 6.45) is 7.98. The summed E-state index contributed by atoms with van der Waals surface area (Å²) in [5.74, 6) is 1.44. The minimum atomic E-state index is -0.315. The Balaban J connectivity index is 1.88. The van der Waals surface area contributed by atoms with E-state index >= 15 is 0 Å². The van der Waals surface area contributed by atoms with Gasteiger partial charge in [0.1, 0.15) is 6.29 Å². The van der Waals surface area contributed by atoms with E-state index in [4.69, 9.17) is 0 Å². The molecule has 0 saturated heterocycles. The molecule has 23 heavy (non-hydrogen) atoms. The van der Waals surface area contributed by atoms with Gasteiger partial charge in [-0.3, -0.25) is 0 Å². The molecule has 0 aliphatic heterocycles. The van der Waals surface area contributed by atoms with Crippen molar-refractivity contribution in [3.8, 4) is 0 Å². The summed E-state index contributed by atoms with van der Waals surface area (Å²) in [5.41, 5.74) is 0.817. The molecule has 0 aromatic heterocycles. The van der Waals surface area contributed by atoms with Crippen molar-refractivity contribution >= 4 is 6.29 Å². The third-order valence-electron chi connectivity index (χ3n) is 7.79. The molecule has 0 heterocycles. The van der Waals surface area contributed by atoms with Crippen molar-refractivity contribution in [3.05, 3.63) is 12.2 Å². The Bertz CT molecular complexity index is 487. The molecule has 3 fully saturated rings. The van der Waals surface area contributed by atoms with Crippen LogP contribution in [0.2, 0.25) is 0 Å². The van der Waals surface area contributed by atoms with Crippen LogP contribution in [0.1, 0.15) is 58.8 Å². The van der Waals surface area contributed by atoms with Crippen LogP contribution < -0.4 is 0 Å². The largest absolute Gasteiger partial charge is 0.393 e. The predicted octanol–water partition coefficient (Wildman–Crippen LogP) is 3.34. The number of hydrogen-bond donors (Lipinski definition) is 2. The second-order valence-electron chi connectivity index (χ2n) is 8.94. The number of carbonyl (C=O) groups is 1. The van der Waals surface area contributed by atoms with Crippen LogP contribution in [0.5, 0.6) is 0 Å². The van der Waals surface area contributed by atoms with Gasteiger partial charge in [0.05, 0.1) is 12.7 Å². The predicted molar refractivity (Wildman–Crippen MR) is 90.8 cm³/mol. The fourth-order valence-electron chi connectivity index (χ4n) is 6.44. The number of aliphatic hydroxyl groups is 2. The fraction of sp³-hybridized carbons (Fsp3) is 0.850. The second kappa shape index (κ2) is 6.00. The Hall–Kier alpha value is -0.670. The van der Waals surface area contributed by atoms with E-state index in [1.54, 1.807) is 0 Å². The van der Waals surface area contributed by atoms with Crippen LogP contribution in [0, 0.1) is 34.5 Å². The molecule has 7 atom stereocenters. The van der Waals surface area contributed by atoms with Gasteiger partial charge < -0.3 is 15.0 Å². The fourth-order valence-corrected chi connectivity index (χ4v) is 6.44. The van der Waals surface area contributed by atoms with Crippen LogP contribution in [0.25, 0.3) is 0 Å². The molecule has 3 saturated carbocycles. The second-order valence-corrected chi connectivity index (χ2v) is 8.94. The van der Waals surface area contributed by atoms with E-state index in [1.807, 2.05) is 0 Å².